The summed E-state index contributed by atoms with van der Waals surface area (Å²) in [5, 5.41) is 0.699. The summed E-state index contributed by atoms with van der Waals surface area (Å²) >= 11 is 5.93. The van der Waals surface area contributed by atoms with E-state index in [4.69, 9.17) is 16.3 Å². The maximum absolute atomic E-state index is 12.2. The summed E-state index contributed by atoms with van der Waals surface area (Å²) in [6.07, 6.45) is -0.110. The lowest BCUT2D eigenvalue weighted by Crippen LogP contribution is -2.44. The Morgan fingerprint density at radius 2 is 1.82 bits per heavy atom. The zero-order valence-corrected chi connectivity index (χ0v) is 13.2. The lowest BCUT2D eigenvalue weighted by Gasteiger charge is -2.37. The summed E-state index contributed by atoms with van der Waals surface area (Å²) in [6.45, 7) is 2.72. The summed E-state index contributed by atoms with van der Waals surface area (Å²) in [5.41, 5.74) is 2.18. The van der Waals surface area contributed by atoms with E-state index in [1.54, 1.807) is 0 Å². The number of morpholine rings is 1. The van der Waals surface area contributed by atoms with Gasteiger partial charge in [-0.15, -0.1) is 0 Å². The van der Waals surface area contributed by atoms with Crippen LogP contribution in [0.25, 0.3) is 0 Å². The average Bonchev–Trinajstić information content (AvgIpc) is 2.56. The minimum atomic E-state index is -0.110. The standard InChI is InChI=1S/C18H18ClNO2/c1-13(14-5-3-2-4-6-14)20-11-17(22-12-18(20)21)15-7-9-16(19)10-8-15/h2-10,13,17H,11-12H2,1H3/t13-,17-/m1/s1. The quantitative estimate of drug-likeness (QED) is 0.856. The van der Waals surface area contributed by atoms with Crippen LogP contribution in [0.1, 0.15) is 30.2 Å². The molecule has 0 unspecified atom stereocenters. The van der Waals surface area contributed by atoms with Crippen LogP contribution in [0.3, 0.4) is 0 Å². The van der Waals surface area contributed by atoms with Gasteiger partial charge >= 0.3 is 0 Å². The molecule has 1 amide bonds. The second-order valence-electron chi connectivity index (χ2n) is 5.48. The van der Waals surface area contributed by atoms with Gasteiger partial charge in [-0.05, 0) is 30.2 Å². The van der Waals surface area contributed by atoms with Gasteiger partial charge in [0.05, 0.1) is 12.6 Å². The van der Waals surface area contributed by atoms with Crippen molar-refractivity contribution < 1.29 is 9.53 Å². The van der Waals surface area contributed by atoms with Gasteiger partial charge in [0.25, 0.3) is 0 Å². The van der Waals surface area contributed by atoms with Gasteiger partial charge in [0.2, 0.25) is 5.91 Å². The largest absolute Gasteiger partial charge is 0.362 e. The number of carbonyl (C=O) groups is 1. The third-order valence-corrected chi connectivity index (χ3v) is 4.33. The fraction of sp³-hybridized carbons (Fsp3) is 0.278. The molecule has 0 saturated carbocycles. The highest BCUT2D eigenvalue weighted by Crippen LogP contribution is 2.29. The molecule has 1 heterocycles. The molecule has 0 aliphatic carbocycles. The lowest BCUT2D eigenvalue weighted by atomic mass is 10.0. The van der Waals surface area contributed by atoms with Gasteiger partial charge in [0.15, 0.2) is 0 Å². The molecular formula is C18H18ClNO2. The number of nitrogens with zero attached hydrogens (tertiary/aromatic N) is 1. The van der Waals surface area contributed by atoms with E-state index < -0.39 is 0 Å². The summed E-state index contributed by atoms with van der Waals surface area (Å²) in [5.74, 6) is 0.0292. The van der Waals surface area contributed by atoms with Crippen molar-refractivity contribution >= 4 is 17.5 Å². The molecule has 2 atom stereocenters. The predicted octanol–water partition coefficient (Wildman–Crippen LogP) is 4.00. The van der Waals surface area contributed by atoms with Crippen LogP contribution in [0, 0.1) is 0 Å². The third-order valence-electron chi connectivity index (χ3n) is 4.08. The zero-order valence-electron chi connectivity index (χ0n) is 12.4. The fourth-order valence-electron chi connectivity index (χ4n) is 2.75. The van der Waals surface area contributed by atoms with Crippen LogP contribution in [0.15, 0.2) is 54.6 Å². The number of amides is 1. The SMILES string of the molecule is C[C@H](c1ccccc1)N1C[C@H](c2ccc(Cl)cc2)OCC1=O. The van der Waals surface area contributed by atoms with Crippen LogP contribution in [0.4, 0.5) is 0 Å². The van der Waals surface area contributed by atoms with Gasteiger partial charge in [-0.2, -0.15) is 0 Å². The van der Waals surface area contributed by atoms with Gasteiger partial charge in [-0.3, -0.25) is 4.79 Å². The topological polar surface area (TPSA) is 29.5 Å². The summed E-state index contributed by atoms with van der Waals surface area (Å²) < 4.78 is 5.70. The summed E-state index contributed by atoms with van der Waals surface area (Å²) in [6, 6.07) is 17.7. The van der Waals surface area contributed by atoms with Gasteiger partial charge in [-0.25, -0.2) is 0 Å². The molecular weight excluding hydrogens is 298 g/mol. The van der Waals surface area contributed by atoms with Gasteiger partial charge < -0.3 is 9.64 Å². The Labute approximate surface area is 135 Å². The van der Waals surface area contributed by atoms with Crippen molar-refractivity contribution in [3.63, 3.8) is 0 Å². The van der Waals surface area contributed by atoms with Gasteiger partial charge in [-0.1, -0.05) is 54.1 Å². The Kier molecular flexibility index (Phi) is 4.46. The molecule has 1 aliphatic heterocycles. The van der Waals surface area contributed by atoms with Crippen molar-refractivity contribution in [2.75, 3.05) is 13.2 Å². The monoisotopic (exact) mass is 315 g/mol. The number of hydrogen-bond donors (Lipinski definition) is 0. The van der Waals surface area contributed by atoms with Crippen molar-refractivity contribution in [3.8, 4) is 0 Å². The maximum atomic E-state index is 12.2. The second kappa shape index (κ2) is 6.51. The van der Waals surface area contributed by atoms with Crippen LogP contribution in [0.5, 0.6) is 0 Å². The number of rotatable bonds is 3. The van der Waals surface area contributed by atoms with Gasteiger partial charge in [0, 0.05) is 5.02 Å². The Hall–Kier alpha value is -1.84. The molecule has 22 heavy (non-hydrogen) atoms. The first-order valence-corrected chi connectivity index (χ1v) is 7.74. The van der Waals surface area contributed by atoms with Crippen LogP contribution in [-0.2, 0) is 9.53 Å². The number of halogens is 1. The highest BCUT2D eigenvalue weighted by atomic mass is 35.5. The Morgan fingerprint density at radius 1 is 1.14 bits per heavy atom. The number of carbonyl (C=O) groups excluding carboxylic acids is 1. The van der Waals surface area contributed by atoms with E-state index in [9.17, 15) is 4.79 Å². The first-order valence-electron chi connectivity index (χ1n) is 7.36. The van der Waals surface area contributed by atoms with Gasteiger partial charge in [0.1, 0.15) is 12.7 Å². The molecule has 0 N–H and O–H groups in total. The van der Waals surface area contributed by atoms with Crippen molar-refractivity contribution in [3.05, 3.63) is 70.7 Å². The van der Waals surface area contributed by atoms with E-state index in [0.29, 0.717) is 11.6 Å². The van der Waals surface area contributed by atoms with E-state index in [1.807, 2.05) is 59.5 Å². The molecule has 0 radical (unpaired) electrons. The van der Waals surface area contributed by atoms with E-state index in [2.05, 4.69) is 6.92 Å². The summed E-state index contributed by atoms with van der Waals surface area (Å²) in [4.78, 5) is 14.1. The average molecular weight is 316 g/mol. The van der Waals surface area contributed by atoms with E-state index >= 15 is 0 Å². The molecule has 1 saturated heterocycles. The van der Waals surface area contributed by atoms with Crippen molar-refractivity contribution in [2.24, 2.45) is 0 Å². The molecule has 3 nitrogen and oxygen atoms in total. The molecule has 2 aromatic carbocycles. The van der Waals surface area contributed by atoms with E-state index in [-0.39, 0.29) is 24.7 Å². The van der Waals surface area contributed by atoms with Crippen molar-refractivity contribution in [1.29, 1.82) is 0 Å². The minimum Gasteiger partial charge on any atom is -0.362 e. The summed E-state index contributed by atoms with van der Waals surface area (Å²) in [7, 11) is 0. The zero-order chi connectivity index (χ0) is 15.5. The van der Waals surface area contributed by atoms with Crippen LogP contribution >= 0.6 is 11.6 Å². The Balaban J connectivity index is 1.79. The number of benzene rings is 2. The molecule has 0 aromatic heterocycles. The molecule has 114 valence electrons. The van der Waals surface area contributed by atoms with Crippen molar-refractivity contribution in [2.45, 2.75) is 19.1 Å². The highest BCUT2D eigenvalue weighted by Gasteiger charge is 2.31. The van der Waals surface area contributed by atoms with Crippen LogP contribution in [0.2, 0.25) is 5.02 Å². The predicted molar refractivity (Wildman–Crippen MR) is 86.7 cm³/mol. The third kappa shape index (κ3) is 3.16. The molecule has 1 aliphatic rings. The van der Waals surface area contributed by atoms with Crippen LogP contribution in [-0.4, -0.2) is 24.0 Å². The minimum absolute atomic E-state index is 0.0292. The fourth-order valence-corrected chi connectivity index (χ4v) is 2.88. The molecule has 4 heteroatoms. The van der Waals surface area contributed by atoms with E-state index in [0.717, 1.165) is 11.1 Å². The first-order chi connectivity index (χ1) is 10.6. The molecule has 1 fully saturated rings. The number of hydrogen-bond acceptors (Lipinski definition) is 2. The molecule has 2 aromatic rings. The lowest BCUT2D eigenvalue weighted by molar-refractivity contribution is -0.152. The van der Waals surface area contributed by atoms with Crippen molar-refractivity contribution in [1.82, 2.24) is 4.90 Å². The Morgan fingerprint density at radius 3 is 2.50 bits per heavy atom. The highest BCUT2D eigenvalue weighted by molar-refractivity contribution is 6.30. The first kappa shape index (κ1) is 15.1. The number of ether oxygens (including phenoxy) is 1. The maximum Gasteiger partial charge on any atom is 0.249 e. The smallest absolute Gasteiger partial charge is 0.249 e. The Bertz CT molecular complexity index is 642. The molecule has 0 bridgehead atoms. The molecule has 3 rings (SSSR count). The normalized spacial score (nSPS) is 20.0. The molecule has 0 spiro atoms. The van der Waals surface area contributed by atoms with E-state index in [1.165, 1.54) is 0 Å². The van der Waals surface area contributed by atoms with Crippen LogP contribution < -0.4 is 0 Å². The second-order valence-corrected chi connectivity index (χ2v) is 5.92.